The fourth-order valence-corrected chi connectivity index (χ4v) is 2.46. The van der Waals surface area contributed by atoms with E-state index in [4.69, 9.17) is 9.47 Å². The largest absolute Gasteiger partial charge is 0.454 e. The highest BCUT2D eigenvalue weighted by molar-refractivity contribution is 5.98. The fourth-order valence-electron chi connectivity index (χ4n) is 2.46. The van der Waals surface area contributed by atoms with Gasteiger partial charge in [0.05, 0.1) is 6.54 Å². The SMILES string of the molecule is CCCN(CC(=O)c1ccc2c(c1)OCO2)C1CC1. The third kappa shape index (κ3) is 2.73. The van der Waals surface area contributed by atoms with Crippen molar-refractivity contribution in [1.29, 1.82) is 0 Å². The first-order valence-electron chi connectivity index (χ1n) is 6.95. The molecule has 1 aromatic carbocycles. The molecule has 1 fully saturated rings. The second-order valence-corrected chi connectivity index (χ2v) is 5.19. The zero-order chi connectivity index (χ0) is 13.2. The molecule has 0 unspecified atom stereocenters. The van der Waals surface area contributed by atoms with Gasteiger partial charge in [-0.3, -0.25) is 9.69 Å². The van der Waals surface area contributed by atoms with Crippen molar-refractivity contribution in [3.63, 3.8) is 0 Å². The smallest absolute Gasteiger partial charge is 0.231 e. The molecule has 0 spiro atoms. The number of benzene rings is 1. The molecule has 0 bridgehead atoms. The Balaban J connectivity index is 1.69. The standard InChI is InChI=1S/C15H19NO3/c1-2-7-16(12-4-5-12)9-13(17)11-3-6-14-15(8-11)19-10-18-14/h3,6,8,12H,2,4-5,7,9-10H2,1H3. The van der Waals surface area contributed by atoms with Crippen LogP contribution in [-0.2, 0) is 0 Å². The summed E-state index contributed by atoms with van der Waals surface area (Å²) in [6.07, 6.45) is 3.55. The van der Waals surface area contributed by atoms with Gasteiger partial charge in [-0.25, -0.2) is 0 Å². The summed E-state index contributed by atoms with van der Waals surface area (Å²) >= 11 is 0. The van der Waals surface area contributed by atoms with E-state index in [1.807, 2.05) is 12.1 Å². The maximum atomic E-state index is 12.3. The van der Waals surface area contributed by atoms with Crippen LogP contribution in [0.5, 0.6) is 11.5 Å². The van der Waals surface area contributed by atoms with Gasteiger partial charge in [0, 0.05) is 11.6 Å². The lowest BCUT2D eigenvalue weighted by Gasteiger charge is -2.20. The minimum atomic E-state index is 0.165. The molecule has 1 aromatic rings. The normalized spacial score (nSPS) is 16.9. The third-order valence-electron chi connectivity index (χ3n) is 3.62. The van der Waals surface area contributed by atoms with E-state index in [1.165, 1.54) is 12.8 Å². The Morgan fingerprint density at radius 3 is 2.84 bits per heavy atom. The van der Waals surface area contributed by atoms with E-state index in [-0.39, 0.29) is 12.6 Å². The highest BCUT2D eigenvalue weighted by Crippen LogP contribution is 2.33. The summed E-state index contributed by atoms with van der Waals surface area (Å²) < 4.78 is 10.6. The van der Waals surface area contributed by atoms with Crippen molar-refractivity contribution in [3.05, 3.63) is 23.8 Å². The first-order chi connectivity index (χ1) is 9.28. The van der Waals surface area contributed by atoms with Gasteiger partial charge in [0.15, 0.2) is 17.3 Å². The molecule has 19 heavy (non-hydrogen) atoms. The number of carbonyl (C=O) groups is 1. The van der Waals surface area contributed by atoms with E-state index in [0.717, 1.165) is 18.7 Å². The van der Waals surface area contributed by atoms with Crippen LogP contribution in [0, 0.1) is 0 Å². The third-order valence-corrected chi connectivity index (χ3v) is 3.62. The molecule has 4 heteroatoms. The average molecular weight is 261 g/mol. The van der Waals surface area contributed by atoms with Crippen molar-refractivity contribution in [2.24, 2.45) is 0 Å². The molecule has 0 amide bonds. The zero-order valence-electron chi connectivity index (χ0n) is 11.2. The van der Waals surface area contributed by atoms with Gasteiger partial charge in [0.1, 0.15) is 0 Å². The topological polar surface area (TPSA) is 38.8 Å². The number of hydrogen-bond donors (Lipinski definition) is 0. The molecule has 0 N–H and O–H groups in total. The van der Waals surface area contributed by atoms with Gasteiger partial charge < -0.3 is 9.47 Å². The molecule has 2 aliphatic rings. The number of rotatable bonds is 6. The number of carbonyl (C=O) groups excluding carboxylic acids is 1. The summed E-state index contributed by atoms with van der Waals surface area (Å²) in [5.74, 6) is 1.57. The van der Waals surface area contributed by atoms with Crippen LogP contribution in [0.15, 0.2) is 18.2 Å². The predicted octanol–water partition coefficient (Wildman–Crippen LogP) is 2.47. The van der Waals surface area contributed by atoms with Gasteiger partial charge in [-0.2, -0.15) is 0 Å². The monoisotopic (exact) mass is 261 g/mol. The Kier molecular flexibility index (Phi) is 3.42. The average Bonchev–Trinajstić information content (AvgIpc) is 3.15. The minimum Gasteiger partial charge on any atom is -0.454 e. The fraction of sp³-hybridized carbons (Fsp3) is 0.533. The van der Waals surface area contributed by atoms with E-state index in [1.54, 1.807) is 6.07 Å². The Hall–Kier alpha value is -1.55. The molecule has 0 aromatic heterocycles. The molecule has 1 heterocycles. The summed E-state index contributed by atoms with van der Waals surface area (Å²) in [7, 11) is 0. The van der Waals surface area contributed by atoms with Crippen molar-refractivity contribution < 1.29 is 14.3 Å². The van der Waals surface area contributed by atoms with E-state index < -0.39 is 0 Å². The van der Waals surface area contributed by atoms with Crippen molar-refractivity contribution in [2.75, 3.05) is 19.9 Å². The Morgan fingerprint density at radius 2 is 2.11 bits per heavy atom. The lowest BCUT2D eigenvalue weighted by atomic mass is 10.1. The van der Waals surface area contributed by atoms with E-state index in [2.05, 4.69) is 11.8 Å². The van der Waals surface area contributed by atoms with Crippen molar-refractivity contribution in [3.8, 4) is 11.5 Å². The van der Waals surface area contributed by atoms with Gasteiger partial charge in [-0.05, 0) is 44.0 Å². The van der Waals surface area contributed by atoms with Crippen LogP contribution in [0.4, 0.5) is 0 Å². The molecule has 0 atom stereocenters. The molecule has 1 saturated carbocycles. The van der Waals surface area contributed by atoms with Gasteiger partial charge >= 0.3 is 0 Å². The Bertz CT molecular complexity index is 482. The van der Waals surface area contributed by atoms with Crippen LogP contribution in [0.2, 0.25) is 0 Å². The first kappa shape index (κ1) is 12.5. The minimum absolute atomic E-state index is 0.165. The second kappa shape index (κ2) is 5.21. The quantitative estimate of drug-likeness (QED) is 0.737. The van der Waals surface area contributed by atoms with Crippen LogP contribution in [0.1, 0.15) is 36.5 Å². The summed E-state index contributed by atoms with van der Waals surface area (Å²) in [5.41, 5.74) is 0.714. The molecule has 0 radical (unpaired) electrons. The van der Waals surface area contributed by atoms with Crippen LogP contribution in [0.3, 0.4) is 0 Å². The summed E-state index contributed by atoms with van der Waals surface area (Å²) in [5, 5.41) is 0. The van der Waals surface area contributed by atoms with Crippen molar-refractivity contribution in [2.45, 2.75) is 32.2 Å². The Morgan fingerprint density at radius 1 is 1.32 bits per heavy atom. The van der Waals surface area contributed by atoms with Crippen LogP contribution < -0.4 is 9.47 Å². The van der Waals surface area contributed by atoms with Crippen molar-refractivity contribution in [1.82, 2.24) is 4.90 Å². The summed E-state index contributed by atoms with van der Waals surface area (Å²) in [4.78, 5) is 14.6. The molecule has 3 rings (SSSR count). The van der Waals surface area contributed by atoms with E-state index >= 15 is 0 Å². The van der Waals surface area contributed by atoms with Gasteiger partial charge in [0.2, 0.25) is 6.79 Å². The molecular weight excluding hydrogens is 242 g/mol. The van der Waals surface area contributed by atoms with Gasteiger partial charge in [0.25, 0.3) is 0 Å². The lowest BCUT2D eigenvalue weighted by Crippen LogP contribution is -2.32. The predicted molar refractivity (Wildman–Crippen MR) is 71.8 cm³/mol. The molecule has 0 saturated heterocycles. The molecule has 1 aliphatic carbocycles. The lowest BCUT2D eigenvalue weighted by molar-refractivity contribution is 0.0924. The van der Waals surface area contributed by atoms with Gasteiger partial charge in [-0.15, -0.1) is 0 Å². The van der Waals surface area contributed by atoms with Crippen LogP contribution >= 0.6 is 0 Å². The highest BCUT2D eigenvalue weighted by Gasteiger charge is 2.30. The number of fused-ring (bicyclic) bond motifs is 1. The zero-order valence-corrected chi connectivity index (χ0v) is 11.2. The van der Waals surface area contributed by atoms with Crippen LogP contribution in [-0.4, -0.2) is 36.6 Å². The number of hydrogen-bond acceptors (Lipinski definition) is 4. The number of Topliss-reactive ketones (excluding diaryl/α,β-unsaturated/α-hetero) is 1. The van der Waals surface area contributed by atoms with Crippen LogP contribution in [0.25, 0.3) is 0 Å². The Labute approximate surface area is 113 Å². The second-order valence-electron chi connectivity index (χ2n) is 5.19. The summed E-state index contributed by atoms with van der Waals surface area (Å²) in [6, 6.07) is 6.06. The van der Waals surface area contributed by atoms with E-state index in [0.29, 0.717) is 23.9 Å². The van der Waals surface area contributed by atoms with E-state index in [9.17, 15) is 4.79 Å². The molecule has 1 aliphatic heterocycles. The first-order valence-corrected chi connectivity index (χ1v) is 6.95. The molecular formula is C15H19NO3. The number of ketones is 1. The molecule has 4 nitrogen and oxygen atoms in total. The summed E-state index contributed by atoms with van der Waals surface area (Å²) in [6.45, 7) is 3.91. The number of ether oxygens (including phenoxy) is 2. The maximum absolute atomic E-state index is 12.3. The van der Waals surface area contributed by atoms with Crippen molar-refractivity contribution >= 4 is 5.78 Å². The highest BCUT2D eigenvalue weighted by atomic mass is 16.7. The maximum Gasteiger partial charge on any atom is 0.231 e. The van der Waals surface area contributed by atoms with Gasteiger partial charge in [-0.1, -0.05) is 6.92 Å². The number of nitrogens with zero attached hydrogens (tertiary/aromatic N) is 1. The molecule has 102 valence electrons.